The van der Waals surface area contributed by atoms with E-state index < -0.39 is 0 Å². The molecular weight excluding hydrogens is 176 g/mol. The molecule has 80 valence electrons. The van der Waals surface area contributed by atoms with Gasteiger partial charge in [-0.1, -0.05) is 0 Å². The van der Waals surface area contributed by atoms with Gasteiger partial charge in [0, 0.05) is 12.1 Å². The van der Waals surface area contributed by atoms with Crippen LogP contribution >= 0.6 is 0 Å². The summed E-state index contributed by atoms with van der Waals surface area (Å²) in [5.74, 6) is 0. The molecule has 4 heteroatoms. The minimum absolute atomic E-state index is 0.229. The van der Waals surface area contributed by atoms with Gasteiger partial charge >= 0.3 is 0 Å². The summed E-state index contributed by atoms with van der Waals surface area (Å²) in [5.41, 5.74) is 0.229. The van der Waals surface area contributed by atoms with Crippen molar-refractivity contribution < 1.29 is 0 Å². The van der Waals surface area contributed by atoms with Gasteiger partial charge in [0.1, 0.15) is 12.7 Å². The summed E-state index contributed by atoms with van der Waals surface area (Å²) in [6.45, 7) is 8.59. The fourth-order valence-corrected chi connectivity index (χ4v) is 1.21. The topological polar surface area (TPSA) is 42.7 Å². The molecule has 0 unspecified atom stereocenters. The van der Waals surface area contributed by atoms with Gasteiger partial charge in [-0.2, -0.15) is 5.10 Å². The van der Waals surface area contributed by atoms with Gasteiger partial charge in [0.05, 0.1) is 0 Å². The molecule has 0 atom stereocenters. The van der Waals surface area contributed by atoms with E-state index in [1.54, 1.807) is 12.7 Å². The maximum Gasteiger partial charge on any atom is 0.137 e. The monoisotopic (exact) mass is 196 g/mol. The predicted molar refractivity (Wildman–Crippen MR) is 57.0 cm³/mol. The second kappa shape index (κ2) is 5.10. The van der Waals surface area contributed by atoms with Crippen LogP contribution in [0.3, 0.4) is 0 Å². The van der Waals surface area contributed by atoms with Crippen molar-refractivity contribution in [2.75, 3.05) is 6.54 Å². The highest BCUT2D eigenvalue weighted by atomic mass is 15.3. The Hall–Kier alpha value is -0.900. The Balaban J connectivity index is 2.00. The minimum Gasteiger partial charge on any atom is -0.312 e. The molecule has 0 aliphatic rings. The van der Waals surface area contributed by atoms with E-state index in [0.717, 1.165) is 19.5 Å². The first-order valence-electron chi connectivity index (χ1n) is 5.15. The second-order valence-corrected chi connectivity index (χ2v) is 4.54. The average Bonchev–Trinajstić information content (AvgIpc) is 2.54. The molecule has 1 heterocycles. The summed E-state index contributed by atoms with van der Waals surface area (Å²) < 4.78 is 1.87. The predicted octanol–water partition coefficient (Wildman–Crippen LogP) is 1.45. The highest BCUT2D eigenvalue weighted by molar-refractivity contribution is 4.69. The average molecular weight is 196 g/mol. The van der Waals surface area contributed by atoms with Gasteiger partial charge in [0.15, 0.2) is 0 Å². The fraction of sp³-hybridized carbons (Fsp3) is 0.800. The lowest BCUT2D eigenvalue weighted by Crippen LogP contribution is -2.36. The van der Waals surface area contributed by atoms with E-state index in [2.05, 4.69) is 36.2 Å². The lowest BCUT2D eigenvalue weighted by atomic mass is 10.1. The zero-order valence-corrected chi connectivity index (χ0v) is 9.32. The summed E-state index contributed by atoms with van der Waals surface area (Å²) in [7, 11) is 0. The molecule has 1 rings (SSSR count). The molecule has 0 aliphatic heterocycles. The maximum absolute atomic E-state index is 4.05. The lowest BCUT2D eigenvalue weighted by Gasteiger charge is -2.20. The van der Waals surface area contributed by atoms with Crippen LogP contribution in [0.4, 0.5) is 0 Å². The Kier molecular flexibility index (Phi) is 4.07. The van der Waals surface area contributed by atoms with E-state index in [1.165, 1.54) is 6.42 Å². The number of rotatable bonds is 5. The van der Waals surface area contributed by atoms with Crippen molar-refractivity contribution in [3.63, 3.8) is 0 Å². The van der Waals surface area contributed by atoms with E-state index in [-0.39, 0.29) is 5.54 Å². The SMILES string of the molecule is CC(C)(C)NCCCCn1cncn1. The van der Waals surface area contributed by atoms with Gasteiger partial charge in [0.2, 0.25) is 0 Å². The fourth-order valence-electron chi connectivity index (χ4n) is 1.21. The molecule has 0 saturated heterocycles. The molecule has 0 amide bonds. The molecule has 0 spiro atoms. The first kappa shape index (κ1) is 11.2. The molecular formula is C10H20N4. The molecule has 0 bridgehead atoms. The largest absolute Gasteiger partial charge is 0.312 e. The molecule has 0 saturated carbocycles. The van der Waals surface area contributed by atoms with Crippen LogP contribution in [0.1, 0.15) is 33.6 Å². The number of nitrogens with one attached hydrogen (secondary N) is 1. The van der Waals surface area contributed by atoms with Gasteiger partial charge in [-0.05, 0) is 40.2 Å². The summed E-state index contributed by atoms with van der Waals surface area (Å²) in [4.78, 5) is 3.90. The van der Waals surface area contributed by atoms with E-state index in [1.807, 2.05) is 4.68 Å². The maximum atomic E-state index is 4.05. The molecule has 0 aliphatic carbocycles. The van der Waals surface area contributed by atoms with Gasteiger partial charge < -0.3 is 5.32 Å². The lowest BCUT2D eigenvalue weighted by molar-refractivity contribution is 0.411. The van der Waals surface area contributed by atoms with E-state index in [4.69, 9.17) is 0 Å². The second-order valence-electron chi connectivity index (χ2n) is 4.54. The van der Waals surface area contributed by atoms with Crippen LogP contribution in [-0.4, -0.2) is 26.8 Å². The van der Waals surface area contributed by atoms with Crippen LogP contribution in [0.5, 0.6) is 0 Å². The summed E-state index contributed by atoms with van der Waals surface area (Å²) >= 11 is 0. The van der Waals surface area contributed by atoms with Crippen LogP contribution in [0, 0.1) is 0 Å². The Bertz CT molecular complexity index is 235. The van der Waals surface area contributed by atoms with Crippen LogP contribution in [-0.2, 0) is 6.54 Å². The Labute approximate surface area is 85.7 Å². The highest BCUT2D eigenvalue weighted by Gasteiger charge is 2.06. The third kappa shape index (κ3) is 4.97. The first-order valence-corrected chi connectivity index (χ1v) is 5.15. The van der Waals surface area contributed by atoms with Gasteiger partial charge in [0.25, 0.3) is 0 Å². The Morgan fingerprint density at radius 3 is 2.64 bits per heavy atom. The number of unbranched alkanes of at least 4 members (excludes halogenated alkanes) is 1. The normalized spacial score (nSPS) is 11.9. The van der Waals surface area contributed by atoms with Gasteiger partial charge in [-0.25, -0.2) is 4.98 Å². The Morgan fingerprint density at radius 1 is 1.29 bits per heavy atom. The number of aryl methyl sites for hydroxylation is 1. The van der Waals surface area contributed by atoms with E-state index in [9.17, 15) is 0 Å². The van der Waals surface area contributed by atoms with Crippen LogP contribution < -0.4 is 5.32 Å². The van der Waals surface area contributed by atoms with Crippen molar-refractivity contribution in [2.24, 2.45) is 0 Å². The van der Waals surface area contributed by atoms with Gasteiger partial charge in [-0.15, -0.1) is 0 Å². The third-order valence-electron chi connectivity index (χ3n) is 1.94. The summed E-state index contributed by atoms with van der Waals surface area (Å²) in [6, 6.07) is 0. The molecule has 0 fully saturated rings. The zero-order valence-electron chi connectivity index (χ0n) is 9.32. The smallest absolute Gasteiger partial charge is 0.137 e. The van der Waals surface area contributed by atoms with Crippen molar-refractivity contribution in [2.45, 2.75) is 45.7 Å². The molecule has 1 aromatic heterocycles. The minimum atomic E-state index is 0.229. The quantitative estimate of drug-likeness (QED) is 0.725. The molecule has 4 nitrogen and oxygen atoms in total. The number of hydrogen-bond donors (Lipinski definition) is 1. The van der Waals surface area contributed by atoms with E-state index in [0.29, 0.717) is 0 Å². The molecule has 1 aromatic rings. The van der Waals surface area contributed by atoms with Crippen molar-refractivity contribution >= 4 is 0 Å². The Morgan fingerprint density at radius 2 is 2.07 bits per heavy atom. The van der Waals surface area contributed by atoms with Crippen molar-refractivity contribution in [3.05, 3.63) is 12.7 Å². The van der Waals surface area contributed by atoms with Crippen LogP contribution in [0.2, 0.25) is 0 Å². The number of hydrogen-bond acceptors (Lipinski definition) is 3. The number of aromatic nitrogens is 3. The molecule has 1 N–H and O–H groups in total. The first-order chi connectivity index (χ1) is 6.58. The standard InChI is InChI=1S/C10H20N4/c1-10(2,3)12-6-4-5-7-14-9-11-8-13-14/h8-9,12H,4-7H2,1-3H3. The van der Waals surface area contributed by atoms with Crippen LogP contribution in [0.25, 0.3) is 0 Å². The third-order valence-corrected chi connectivity index (χ3v) is 1.94. The van der Waals surface area contributed by atoms with Crippen molar-refractivity contribution in [3.8, 4) is 0 Å². The van der Waals surface area contributed by atoms with Gasteiger partial charge in [-0.3, -0.25) is 4.68 Å². The highest BCUT2D eigenvalue weighted by Crippen LogP contribution is 1.99. The molecule has 14 heavy (non-hydrogen) atoms. The summed E-state index contributed by atoms with van der Waals surface area (Å²) in [5, 5.41) is 7.50. The van der Waals surface area contributed by atoms with Crippen molar-refractivity contribution in [1.29, 1.82) is 0 Å². The zero-order chi connectivity index (χ0) is 10.4. The van der Waals surface area contributed by atoms with Crippen molar-refractivity contribution in [1.82, 2.24) is 20.1 Å². The summed E-state index contributed by atoms with van der Waals surface area (Å²) in [6.07, 6.45) is 5.66. The molecule has 0 aromatic carbocycles. The number of nitrogens with zero attached hydrogens (tertiary/aromatic N) is 3. The molecule has 0 radical (unpaired) electrons. The van der Waals surface area contributed by atoms with E-state index >= 15 is 0 Å². The van der Waals surface area contributed by atoms with Crippen LogP contribution in [0.15, 0.2) is 12.7 Å².